The van der Waals surface area contributed by atoms with Crippen LogP contribution in [0.15, 0.2) is 30.5 Å². The number of amides is 2. The number of alkyl halides is 1. The minimum atomic E-state index is -0.668. The fourth-order valence-corrected chi connectivity index (χ4v) is 5.54. The van der Waals surface area contributed by atoms with Gasteiger partial charge in [-0.3, -0.25) is 14.5 Å². The van der Waals surface area contributed by atoms with Crippen LogP contribution in [0.25, 0.3) is 0 Å². The van der Waals surface area contributed by atoms with E-state index in [2.05, 4.69) is 16.8 Å². The van der Waals surface area contributed by atoms with Gasteiger partial charge in [0.25, 0.3) is 5.91 Å². The quantitative estimate of drug-likeness (QED) is 0.802. The predicted molar refractivity (Wildman–Crippen MR) is 114 cm³/mol. The second kappa shape index (κ2) is 8.26. The lowest BCUT2D eigenvalue weighted by molar-refractivity contribution is -0.126. The molecule has 1 saturated carbocycles. The fourth-order valence-electron chi connectivity index (χ4n) is 5.54. The number of nitrogens with zero attached hydrogens (tertiary/aromatic N) is 2. The maximum atomic E-state index is 13.5. The Hall–Kier alpha value is -2.41. The minimum absolute atomic E-state index is 0.0950. The average molecular weight is 428 g/mol. The molecule has 3 aliphatic heterocycles. The van der Waals surface area contributed by atoms with Gasteiger partial charge in [-0.15, -0.1) is 0 Å². The van der Waals surface area contributed by atoms with Crippen molar-refractivity contribution in [3.05, 3.63) is 41.6 Å². The first-order chi connectivity index (χ1) is 15.0. The van der Waals surface area contributed by atoms with Gasteiger partial charge in [-0.05, 0) is 68.7 Å². The summed E-state index contributed by atoms with van der Waals surface area (Å²) in [6.45, 7) is 5.84. The molecule has 166 valence electrons. The molecule has 2 amide bonds. The summed E-state index contributed by atoms with van der Waals surface area (Å²) in [6, 6.07) is 5.53. The number of nitrogens with one attached hydrogen (secondary N) is 1. The Morgan fingerprint density at radius 3 is 2.68 bits per heavy atom. The van der Waals surface area contributed by atoms with Crippen LogP contribution in [-0.4, -0.2) is 59.1 Å². The first-order valence-corrected chi connectivity index (χ1v) is 11.5. The number of hydrogen-bond acceptors (Lipinski definition) is 4. The summed E-state index contributed by atoms with van der Waals surface area (Å²) in [4.78, 5) is 29.3. The number of fused-ring (bicyclic) bond motifs is 1. The lowest BCUT2D eigenvalue weighted by Gasteiger charge is -2.36. The van der Waals surface area contributed by atoms with Crippen molar-refractivity contribution in [3.8, 4) is 5.75 Å². The fraction of sp³-hybridized carbons (Fsp3) is 0.583. The molecular weight excluding hydrogens is 397 g/mol. The summed E-state index contributed by atoms with van der Waals surface area (Å²) in [5.74, 6) is 0.522. The van der Waals surface area contributed by atoms with Gasteiger partial charge < -0.3 is 15.0 Å². The van der Waals surface area contributed by atoms with Crippen LogP contribution in [0.5, 0.6) is 5.75 Å². The number of benzene rings is 1. The van der Waals surface area contributed by atoms with Crippen molar-refractivity contribution in [3.63, 3.8) is 0 Å². The molecule has 6 nitrogen and oxygen atoms in total. The Balaban J connectivity index is 1.27. The van der Waals surface area contributed by atoms with Crippen LogP contribution < -0.4 is 10.1 Å². The SMILES string of the molecule is C=C1CCC(N2Cc3cc(O[C@@H]4CCC[C@H]4N4CCC(F)CC4)ccc3C2=O)C(=O)N1. The molecule has 5 rings (SSSR count). The van der Waals surface area contributed by atoms with E-state index in [4.69, 9.17) is 4.74 Å². The van der Waals surface area contributed by atoms with E-state index in [1.807, 2.05) is 18.2 Å². The summed E-state index contributed by atoms with van der Waals surface area (Å²) in [7, 11) is 0. The molecule has 0 spiro atoms. The van der Waals surface area contributed by atoms with Crippen LogP contribution >= 0.6 is 0 Å². The van der Waals surface area contributed by atoms with Crippen molar-refractivity contribution in [1.82, 2.24) is 15.1 Å². The van der Waals surface area contributed by atoms with Gasteiger partial charge in [0.15, 0.2) is 0 Å². The molecule has 1 aliphatic carbocycles. The molecule has 0 bridgehead atoms. The second-order valence-corrected chi connectivity index (χ2v) is 9.26. The molecule has 31 heavy (non-hydrogen) atoms. The third-order valence-corrected chi connectivity index (χ3v) is 7.24. The minimum Gasteiger partial charge on any atom is -0.489 e. The standard InChI is InChI=1S/C24H30FN3O3/c1-15-5-8-21(23(29)26-15)28-14-16-13-18(6-7-19(16)24(28)30)31-22-4-2-3-20(22)27-11-9-17(25)10-12-27/h6-7,13,17,20-22H,1-5,8-12,14H2,(H,26,29)/t20-,21?,22-/m1/s1. The van der Waals surface area contributed by atoms with E-state index in [0.29, 0.717) is 49.5 Å². The van der Waals surface area contributed by atoms with E-state index >= 15 is 0 Å². The Labute approximate surface area is 182 Å². The highest BCUT2D eigenvalue weighted by Crippen LogP contribution is 2.34. The molecule has 0 radical (unpaired) electrons. The summed E-state index contributed by atoms with van der Waals surface area (Å²) in [5, 5.41) is 2.77. The van der Waals surface area contributed by atoms with E-state index < -0.39 is 12.2 Å². The Bertz CT molecular complexity index is 896. The van der Waals surface area contributed by atoms with Crippen molar-refractivity contribution in [1.29, 1.82) is 0 Å². The number of ether oxygens (including phenoxy) is 1. The number of carbonyl (C=O) groups is 2. The summed E-state index contributed by atoms with van der Waals surface area (Å²) >= 11 is 0. The molecule has 4 aliphatic rings. The number of allylic oxidation sites excluding steroid dienone is 1. The van der Waals surface area contributed by atoms with Crippen molar-refractivity contribution in [2.24, 2.45) is 0 Å². The monoisotopic (exact) mass is 427 g/mol. The van der Waals surface area contributed by atoms with Crippen molar-refractivity contribution < 1.29 is 18.7 Å². The van der Waals surface area contributed by atoms with Crippen LogP contribution in [0.2, 0.25) is 0 Å². The zero-order valence-corrected chi connectivity index (χ0v) is 17.8. The number of carbonyl (C=O) groups excluding carboxylic acids is 2. The molecule has 3 atom stereocenters. The summed E-state index contributed by atoms with van der Waals surface area (Å²) in [6.07, 6.45) is 5.14. The van der Waals surface area contributed by atoms with E-state index in [0.717, 1.165) is 43.7 Å². The van der Waals surface area contributed by atoms with Crippen LogP contribution in [0, 0.1) is 0 Å². The number of rotatable bonds is 4. The predicted octanol–water partition coefficient (Wildman–Crippen LogP) is 3.17. The molecule has 7 heteroatoms. The smallest absolute Gasteiger partial charge is 0.255 e. The highest BCUT2D eigenvalue weighted by molar-refractivity contribution is 6.01. The van der Waals surface area contributed by atoms with Gasteiger partial charge in [0.1, 0.15) is 24.1 Å². The highest BCUT2D eigenvalue weighted by Gasteiger charge is 2.39. The molecule has 1 aromatic rings. The van der Waals surface area contributed by atoms with Gasteiger partial charge in [0.2, 0.25) is 5.91 Å². The third-order valence-electron chi connectivity index (χ3n) is 7.24. The van der Waals surface area contributed by atoms with Crippen molar-refractivity contribution in [2.75, 3.05) is 13.1 Å². The normalized spacial score (nSPS) is 29.9. The van der Waals surface area contributed by atoms with E-state index in [9.17, 15) is 14.0 Å². The average Bonchev–Trinajstić information content (AvgIpc) is 3.33. The summed E-state index contributed by atoms with van der Waals surface area (Å²) in [5.41, 5.74) is 2.27. The van der Waals surface area contributed by atoms with Gasteiger partial charge in [-0.2, -0.15) is 0 Å². The van der Waals surface area contributed by atoms with Gasteiger partial charge in [0.05, 0.1) is 0 Å². The van der Waals surface area contributed by atoms with E-state index in [1.54, 1.807) is 4.90 Å². The first-order valence-electron chi connectivity index (χ1n) is 11.5. The number of halogens is 1. The van der Waals surface area contributed by atoms with E-state index in [-0.39, 0.29) is 17.9 Å². The third kappa shape index (κ3) is 3.95. The second-order valence-electron chi connectivity index (χ2n) is 9.26. The molecule has 2 saturated heterocycles. The topological polar surface area (TPSA) is 61.9 Å². The highest BCUT2D eigenvalue weighted by atomic mass is 19.1. The molecule has 3 heterocycles. The first kappa shape index (κ1) is 20.5. The number of likely N-dealkylation sites (tertiary alicyclic amines) is 1. The Morgan fingerprint density at radius 1 is 1.10 bits per heavy atom. The van der Waals surface area contributed by atoms with Gasteiger partial charge in [-0.1, -0.05) is 6.58 Å². The zero-order chi connectivity index (χ0) is 21.5. The van der Waals surface area contributed by atoms with Gasteiger partial charge in [-0.25, -0.2) is 4.39 Å². The van der Waals surface area contributed by atoms with Crippen molar-refractivity contribution in [2.45, 2.75) is 75.8 Å². The maximum absolute atomic E-state index is 13.5. The molecule has 1 N–H and O–H groups in total. The molecule has 3 fully saturated rings. The Morgan fingerprint density at radius 2 is 1.90 bits per heavy atom. The maximum Gasteiger partial charge on any atom is 0.255 e. The molecule has 1 aromatic carbocycles. The summed E-state index contributed by atoms with van der Waals surface area (Å²) < 4.78 is 19.9. The van der Waals surface area contributed by atoms with Crippen LogP contribution in [0.1, 0.15) is 60.9 Å². The van der Waals surface area contributed by atoms with Crippen LogP contribution in [0.4, 0.5) is 4.39 Å². The van der Waals surface area contributed by atoms with Gasteiger partial charge in [0, 0.05) is 36.9 Å². The van der Waals surface area contributed by atoms with Crippen molar-refractivity contribution >= 4 is 11.8 Å². The largest absolute Gasteiger partial charge is 0.489 e. The van der Waals surface area contributed by atoms with E-state index in [1.165, 1.54) is 0 Å². The van der Waals surface area contributed by atoms with Gasteiger partial charge >= 0.3 is 0 Å². The molecule has 1 unspecified atom stereocenters. The number of piperidine rings is 2. The lowest BCUT2D eigenvalue weighted by atomic mass is 10.0. The Kier molecular flexibility index (Phi) is 5.46. The molecule has 0 aromatic heterocycles. The molecular formula is C24H30FN3O3. The lowest BCUT2D eigenvalue weighted by Crippen LogP contribution is -2.49. The van der Waals surface area contributed by atoms with Crippen LogP contribution in [0.3, 0.4) is 0 Å². The zero-order valence-electron chi connectivity index (χ0n) is 17.8. The number of hydrogen-bond donors (Lipinski definition) is 1. The van der Waals surface area contributed by atoms with Crippen LogP contribution in [-0.2, 0) is 11.3 Å².